The summed E-state index contributed by atoms with van der Waals surface area (Å²) in [6.07, 6.45) is 2.27. The van der Waals surface area contributed by atoms with Crippen LogP contribution >= 0.6 is 11.6 Å². The molecule has 0 unspecified atom stereocenters. The molecule has 0 aliphatic heterocycles. The maximum Gasteiger partial charge on any atom is 0.306 e. The quantitative estimate of drug-likeness (QED) is 0.640. The molecule has 0 saturated heterocycles. The summed E-state index contributed by atoms with van der Waals surface area (Å²) in [4.78, 5) is 16.2. The third-order valence-electron chi connectivity index (χ3n) is 2.35. The maximum absolute atomic E-state index is 12.4. The van der Waals surface area contributed by atoms with Gasteiger partial charge in [-0.25, -0.2) is 4.98 Å². The van der Waals surface area contributed by atoms with Gasteiger partial charge in [-0.1, -0.05) is 23.7 Å². The summed E-state index contributed by atoms with van der Waals surface area (Å²) in [7, 11) is -3.75. The molecule has 0 aliphatic carbocycles. The minimum Gasteiger partial charge on any atom is -0.380 e. The first-order chi connectivity index (χ1) is 9.38. The molecular weight excluding hydrogens is 302 g/mol. The monoisotopic (exact) mass is 311 g/mol. The SMILES string of the molecule is CS(=O)(=O)Oc1cccnc1C(=O)c1ccccc1Cl. The molecule has 1 heterocycles. The van der Waals surface area contributed by atoms with Crippen LogP contribution in [0.15, 0.2) is 42.6 Å². The topological polar surface area (TPSA) is 73.3 Å². The zero-order chi connectivity index (χ0) is 14.8. The number of halogens is 1. The summed E-state index contributed by atoms with van der Waals surface area (Å²) in [6, 6.07) is 9.27. The van der Waals surface area contributed by atoms with Crippen LogP contribution in [-0.4, -0.2) is 25.4 Å². The van der Waals surface area contributed by atoms with Gasteiger partial charge in [-0.3, -0.25) is 4.79 Å². The number of hydrogen-bond donors (Lipinski definition) is 0. The number of carbonyl (C=O) groups is 1. The summed E-state index contributed by atoms with van der Waals surface area (Å²) >= 11 is 5.95. The number of benzene rings is 1. The van der Waals surface area contributed by atoms with Gasteiger partial charge in [-0.15, -0.1) is 0 Å². The van der Waals surface area contributed by atoms with Crippen molar-refractivity contribution in [3.8, 4) is 5.75 Å². The van der Waals surface area contributed by atoms with Crippen LogP contribution in [0.1, 0.15) is 16.1 Å². The fourth-order valence-electron chi connectivity index (χ4n) is 1.56. The van der Waals surface area contributed by atoms with Gasteiger partial charge < -0.3 is 4.18 Å². The molecule has 0 N–H and O–H groups in total. The average molecular weight is 312 g/mol. The molecule has 0 radical (unpaired) electrons. The minimum atomic E-state index is -3.75. The highest BCUT2D eigenvalue weighted by atomic mass is 35.5. The highest BCUT2D eigenvalue weighted by Gasteiger charge is 2.20. The number of pyridine rings is 1. The van der Waals surface area contributed by atoms with Crippen LogP contribution in [0.25, 0.3) is 0 Å². The molecule has 0 aliphatic rings. The summed E-state index contributed by atoms with van der Waals surface area (Å²) in [5.41, 5.74) is 0.122. The molecule has 104 valence electrons. The fraction of sp³-hybridized carbons (Fsp3) is 0.0769. The van der Waals surface area contributed by atoms with E-state index in [-0.39, 0.29) is 22.0 Å². The summed E-state index contributed by atoms with van der Waals surface area (Å²) in [6.45, 7) is 0. The molecule has 5 nitrogen and oxygen atoms in total. The van der Waals surface area contributed by atoms with Gasteiger partial charge in [0, 0.05) is 11.8 Å². The van der Waals surface area contributed by atoms with Gasteiger partial charge >= 0.3 is 10.1 Å². The first-order valence-electron chi connectivity index (χ1n) is 5.52. The van der Waals surface area contributed by atoms with E-state index in [1.54, 1.807) is 18.2 Å². The maximum atomic E-state index is 12.4. The van der Waals surface area contributed by atoms with Crippen molar-refractivity contribution in [2.75, 3.05) is 6.26 Å². The molecule has 0 amide bonds. The molecule has 2 rings (SSSR count). The van der Waals surface area contributed by atoms with Crippen LogP contribution in [0.2, 0.25) is 5.02 Å². The Hall–Kier alpha value is -1.92. The molecule has 1 aromatic carbocycles. The highest BCUT2D eigenvalue weighted by Crippen LogP contribution is 2.24. The average Bonchev–Trinajstić information content (AvgIpc) is 2.37. The molecule has 0 spiro atoms. The number of carbonyl (C=O) groups excluding carboxylic acids is 1. The van der Waals surface area contributed by atoms with E-state index >= 15 is 0 Å². The smallest absolute Gasteiger partial charge is 0.306 e. The van der Waals surface area contributed by atoms with E-state index in [1.165, 1.54) is 24.4 Å². The van der Waals surface area contributed by atoms with Gasteiger partial charge in [0.05, 0.1) is 11.3 Å². The van der Waals surface area contributed by atoms with Crippen molar-refractivity contribution in [1.29, 1.82) is 0 Å². The van der Waals surface area contributed by atoms with Gasteiger partial charge in [0.2, 0.25) is 5.78 Å². The lowest BCUT2D eigenvalue weighted by Crippen LogP contribution is -2.12. The first kappa shape index (κ1) is 14.5. The van der Waals surface area contributed by atoms with Gasteiger partial charge in [0.15, 0.2) is 11.4 Å². The van der Waals surface area contributed by atoms with E-state index in [0.29, 0.717) is 0 Å². The van der Waals surface area contributed by atoms with E-state index in [0.717, 1.165) is 6.26 Å². The lowest BCUT2D eigenvalue weighted by molar-refractivity contribution is 0.103. The van der Waals surface area contributed by atoms with Crippen LogP contribution in [0.5, 0.6) is 5.75 Å². The largest absolute Gasteiger partial charge is 0.380 e. The second-order valence-electron chi connectivity index (χ2n) is 3.95. The second kappa shape index (κ2) is 5.60. The Labute approximate surface area is 121 Å². The van der Waals surface area contributed by atoms with Crippen molar-refractivity contribution in [3.05, 3.63) is 58.9 Å². The number of hydrogen-bond acceptors (Lipinski definition) is 5. The molecule has 2 aromatic rings. The predicted molar refractivity (Wildman–Crippen MR) is 74.6 cm³/mol. The summed E-state index contributed by atoms with van der Waals surface area (Å²) in [5.74, 6) is -0.630. The van der Waals surface area contributed by atoms with Crippen molar-refractivity contribution >= 4 is 27.5 Å². The van der Waals surface area contributed by atoms with E-state index < -0.39 is 15.9 Å². The molecule has 0 bridgehead atoms. The Kier molecular flexibility index (Phi) is 4.06. The third kappa shape index (κ3) is 3.34. The number of rotatable bonds is 4. The van der Waals surface area contributed by atoms with Crippen molar-refractivity contribution in [2.45, 2.75) is 0 Å². The van der Waals surface area contributed by atoms with Gasteiger partial charge in [0.1, 0.15) is 0 Å². The Morgan fingerprint density at radius 2 is 1.90 bits per heavy atom. The third-order valence-corrected chi connectivity index (χ3v) is 3.16. The number of ketones is 1. The Morgan fingerprint density at radius 3 is 2.55 bits per heavy atom. The molecule has 0 atom stereocenters. The predicted octanol–water partition coefficient (Wildman–Crippen LogP) is 2.30. The molecule has 7 heteroatoms. The van der Waals surface area contributed by atoms with Crippen LogP contribution in [0.4, 0.5) is 0 Å². The number of aromatic nitrogens is 1. The fourth-order valence-corrected chi connectivity index (χ4v) is 2.25. The normalized spacial score (nSPS) is 11.1. The summed E-state index contributed by atoms with van der Waals surface area (Å²) in [5, 5.41) is 0.258. The van der Waals surface area contributed by atoms with Crippen molar-refractivity contribution in [1.82, 2.24) is 4.98 Å². The van der Waals surface area contributed by atoms with E-state index in [9.17, 15) is 13.2 Å². The molecular formula is C13H10ClNO4S. The number of nitrogens with zero attached hydrogens (tertiary/aromatic N) is 1. The Balaban J connectivity index is 2.48. The summed E-state index contributed by atoms with van der Waals surface area (Å²) < 4.78 is 27.1. The van der Waals surface area contributed by atoms with Crippen LogP contribution < -0.4 is 4.18 Å². The van der Waals surface area contributed by atoms with Crippen LogP contribution in [0.3, 0.4) is 0 Å². The lowest BCUT2D eigenvalue weighted by atomic mass is 10.1. The van der Waals surface area contributed by atoms with E-state index in [1.807, 2.05) is 0 Å². The van der Waals surface area contributed by atoms with Crippen molar-refractivity contribution < 1.29 is 17.4 Å². The second-order valence-corrected chi connectivity index (χ2v) is 5.93. The van der Waals surface area contributed by atoms with E-state index in [2.05, 4.69) is 4.98 Å². The minimum absolute atomic E-state index is 0.106. The van der Waals surface area contributed by atoms with Crippen LogP contribution in [0, 0.1) is 0 Å². The van der Waals surface area contributed by atoms with Gasteiger partial charge in [0.25, 0.3) is 0 Å². The van der Waals surface area contributed by atoms with Gasteiger partial charge in [-0.05, 0) is 24.3 Å². The van der Waals surface area contributed by atoms with E-state index in [4.69, 9.17) is 15.8 Å². The van der Waals surface area contributed by atoms with Crippen molar-refractivity contribution in [3.63, 3.8) is 0 Å². The molecule has 0 saturated carbocycles. The molecule has 20 heavy (non-hydrogen) atoms. The first-order valence-corrected chi connectivity index (χ1v) is 7.71. The highest BCUT2D eigenvalue weighted by molar-refractivity contribution is 7.86. The zero-order valence-corrected chi connectivity index (χ0v) is 12.0. The lowest BCUT2D eigenvalue weighted by Gasteiger charge is -2.08. The molecule has 0 fully saturated rings. The standard InChI is InChI=1S/C13H10ClNO4S/c1-20(17,18)19-11-7-4-8-15-12(11)13(16)9-5-2-3-6-10(9)14/h2-8H,1H3. The van der Waals surface area contributed by atoms with Gasteiger partial charge in [-0.2, -0.15) is 8.42 Å². The van der Waals surface area contributed by atoms with Crippen LogP contribution in [-0.2, 0) is 10.1 Å². The zero-order valence-electron chi connectivity index (χ0n) is 10.4. The Bertz CT molecular complexity index is 758. The Morgan fingerprint density at radius 1 is 1.20 bits per heavy atom. The molecule has 1 aromatic heterocycles. The van der Waals surface area contributed by atoms with Crippen molar-refractivity contribution in [2.24, 2.45) is 0 Å².